The molecule has 40 heavy (non-hydrogen) atoms. The van der Waals surface area contributed by atoms with Crippen LogP contribution in [-0.4, -0.2) is 16.7 Å². The Hall–Kier alpha value is -2.92. The van der Waals surface area contributed by atoms with Crippen LogP contribution < -0.4 is 39.4 Å². The number of aliphatic carboxylic acids is 1. The van der Waals surface area contributed by atoms with E-state index in [1.165, 1.54) is 17.8 Å². The third-order valence-electron chi connectivity index (χ3n) is 6.28. The summed E-state index contributed by atoms with van der Waals surface area (Å²) in [5.74, 6) is -2.70. The van der Waals surface area contributed by atoms with Gasteiger partial charge in [0.15, 0.2) is 11.6 Å². The van der Waals surface area contributed by atoms with E-state index in [1.807, 2.05) is 0 Å². The van der Waals surface area contributed by atoms with Crippen LogP contribution in [0.2, 0.25) is 0 Å². The van der Waals surface area contributed by atoms with Gasteiger partial charge < -0.3 is 14.6 Å². The number of rotatable bonds is 6. The number of pyridine rings is 1. The van der Waals surface area contributed by atoms with E-state index >= 15 is 0 Å². The fourth-order valence-electron chi connectivity index (χ4n) is 4.45. The number of halogens is 5. The van der Waals surface area contributed by atoms with Crippen LogP contribution in [0.5, 0.6) is 5.75 Å². The maximum absolute atomic E-state index is 13.8. The van der Waals surface area contributed by atoms with Gasteiger partial charge in [0.1, 0.15) is 12.4 Å². The molecule has 1 aliphatic heterocycles. The predicted molar refractivity (Wildman–Crippen MR) is 137 cm³/mol. The van der Waals surface area contributed by atoms with Gasteiger partial charge in [-0.1, -0.05) is 30.3 Å². The fraction of sp³-hybridized carbons (Fsp3) is 0.172. The second kappa shape index (κ2) is 12.3. The van der Waals surface area contributed by atoms with E-state index in [0.29, 0.717) is 33.5 Å². The van der Waals surface area contributed by atoms with Gasteiger partial charge in [-0.2, -0.15) is 13.2 Å². The van der Waals surface area contributed by atoms with Crippen molar-refractivity contribution >= 4 is 40.8 Å². The zero-order valence-electron chi connectivity index (χ0n) is 21.1. The quantitative estimate of drug-likeness (QED) is 0.258. The predicted octanol–water partition coefficient (Wildman–Crippen LogP) is 3.56. The van der Waals surface area contributed by atoms with Crippen LogP contribution in [0.25, 0.3) is 23.1 Å². The van der Waals surface area contributed by atoms with E-state index in [0.717, 1.165) is 18.2 Å². The molecule has 1 aliphatic rings. The minimum Gasteiger partial charge on any atom is -0.550 e. The largest absolute Gasteiger partial charge is 1.00 e. The fourth-order valence-corrected chi connectivity index (χ4v) is 5.73. The van der Waals surface area contributed by atoms with Crippen molar-refractivity contribution < 1.29 is 66.1 Å². The number of hydrogen-bond acceptors (Lipinski definition) is 5. The first-order valence-electron chi connectivity index (χ1n) is 11.8. The van der Waals surface area contributed by atoms with Crippen molar-refractivity contribution in [2.24, 2.45) is 0 Å². The van der Waals surface area contributed by atoms with Crippen LogP contribution in [0, 0.1) is 11.6 Å². The molecular weight excluding hydrogens is 560 g/mol. The number of carbonyl (C=O) groups is 1. The van der Waals surface area contributed by atoms with Crippen LogP contribution >= 0.6 is 11.8 Å². The Morgan fingerprint density at radius 3 is 2.55 bits per heavy atom. The zero-order valence-corrected chi connectivity index (χ0v) is 23.9. The summed E-state index contributed by atoms with van der Waals surface area (Å²) in [6.45, 7) is -0.289. The zero-order chi connectivity index (χ0) is 27.7. The summed E-state index contributed by atoms with van der Waals surface area (Å²) in [4.78, 5) is 15.4. The monoisotopic (exact) mass is 579 g/mol. The first kappa shape index (κ1) is 30.0. The first-order valence-corrected chi connectivity index (χ1v) is 12.9. The summed E-state index contributed by atoms with van der Waals surface area (Å²) in [6.07, 6.45) is -1.44. The molecule has 0 spiro atoms. The smallest absolute Gasteiger partial charge is 0.550 e. The Kier molecular flexibility index (Phi) is 9.24. The molecule has 2 heterocycles. The molecule has 4 nitrogen and oxygen atoms in total. The number of carboxylic acids is 1. The summed E-state index contributed by atoms with van der Waals surface area (Å²) in [5.41, 5.74) is 1.67. The van der Waals surface area contributed by atoms with Gasteiger partial charge in [0.05, 0.1) is 22.0 Å². The first-order chi connectivity index (χ1) is 18.6. The molecule has 0 aliphatic carbocycles. The third-order valence-corrected chi connectivity index (χ3v) is 7.56. The summed E-state index contributed by atoms with van der Waals surface area (Å²) in [5, 5.41) is 10.8. The summed E-state index contributed by atoms with van der Waals surface area (Å²) < 4.78 is 74.3. The Balaban J connectivity index is 0.00000370. The van der Waals surface area contributed by atoms with Crippen LogP contribution in [0.15, 0.2) is 60.7 Å². The molecule has 0 amide bonds. The Morgan fingerprint density at radius 1 is 1.02 bits per heavy atom. The van der Waals surface area contributed by atoms with Crippen molar-refractivity contribution in [1.82, 2.24) is 4.98 Å². The molecule has 0 fully saturated rings. The van der Waals surface area contributed by atoms with Crippen molar-refractivity contribution in [1.29, 1.82) is 0 Å². The van der Waals surface area contributed by atoms with Crippen molar-refractivity contribution in [3.8, 4) is 5.75 Å². The SMILES string of the molecule is O=C([O-])CCSC1c2cc(/C=C/c3ccc4cc(F)c(F)cc4n3)ccc2OCc2c1cccc2C(F)(F)F.[Na+]. The molecule has 0 N–H and O–H groups in total. The molecule has 4 aromatic rings. The van der Waals surface area contributed by atoms with Gasteiger partial charge in [0, 0.05) is 28.5 Å². The van der Waals surface area contributed by atoms with Gasteiger partial charge in [-0.15, -0.1) is 11.8 Å². The molecule has 5 rings (SSSR count). The Morgan fingerprint density at radius 2 is 1.80 bits per heavy atom. The Labute approximate surface area is 252 Å². The second-order valence-corrected chi connectivity index (χ2v) is 10.1. The van der Waals surface area contributed by atoms with E-state index in [2.05, 4.69) is 4.98 Å². The number of ether oxygens (including phenoxy) is 1. The van der Waals surface area contributed by atoms with Crippen molar-refractivity contribution in [2.75, 3.05) is 5.75 Å². The van der Waals surface area contributed by atoms with Gasteiger partial charge in [0.25, 0.3) is 0 Å². The minimum absolute atomic E-state index is 0. The second-order valence-electron chi connectivity index (χ2n) is 8.86. The summed E-state index contributed by atoms with van der Waals surface area (Å²) >= 11 is 1.20. The molecule has 0 radical (unpaired) electrons. The number of nitrogens with zero attached hydrogens (tertiary/aromatic N) is 1. The number of carboxylic acid groups (broad SMARTS) is 1. The molecule has 1 aromatic heterocycles. The molecule has 11 heteroatoms. The Bertz CT molecular complexity index is 1610. The topological polar surface area (TPSA) is 62.2 Å². The van der Waals surface area contributed by atoms with E-state index in [4.69, 9.17) is 4.74 Å². The van der Waals surface area contributed by atoms with Gasteiger partial charge in [0.2, 0.25) is 0 Å². The molecule has 1 atom stereocenters. The van der Waals surface area contributed by atoms with E-state index in [-0.39, 0.29) is 59.4 Å². The maximum Gasteiger partial charge on any atom is 1.00 e. The standard InChI is InChI=1S/C29H20F5NO3S.Na/c30-23-13-17-6-8-18(35-25(17)14-24(23)31)7-4-16-5-9-26-20(12-16)28(39-11-10-27(36)37)19-2-1-3-22(29(32,33)34)21(19)15-38-26;/h1-9,12-14,28H,10-11,15H2,(H,36,37);/q;+1/p-1/b7-4+;. The van der Waals surface area contributed by atoms with Gasteiger partial charge in [-0.05, 0) is 59.7 Å². The molecular formula is C29H19F5NNaO3S. The van der Waals surface area contributed by atoms with Gasteiger partial charge in [-0.25, -0.2) is 13.8 Å². The van der Waals surface area contributed by atoms with E-state index < -0.39 is 34.6 Å². The van der Waals surface area contributed by atoms with Crippen molar-refractivity contribution in [3.05, 3.63) is 106 Å². The van der Waals surface area contributed by atoms with E-state index in [1.54, 1.807) is 48.6 Å². The number of hydrogen-bond donors (Lipinski definition) is 0. The molecule has 0 saturated carbocycles. The minimum atomic E-state index is -4.58. The van der Waals surface area contributed by atoms with Gasteiger partial charge in [-0.3, -0.25) is 0 Å². The van der Waals surface area contributed by atoms with Gasteiger partial charge >= 0.3 is 35.7 Å². The van der Waals surface area contributed by atoms with Crippen LogP contribution in [0.4, 0.5) is 22.0 Å². The number of aromatic nitrogens is 1. The van der Waals surface area contributed by atoms with Crippen molar-refractivity contribution in [2.45, 2.75) is 24.5 Å². The molecule has 1 unspecified atom stereocenters. The summed E-state index contributed by atoms with van der Waals surface area (Å²) in [6, 6.07) is 14.5. The number of thioether (sulfide) groups is 1. The number of carbonyl (C=O) groups excluding carboxylic acids is 1. The normalized spacial score (nSPS) is 14.7. The molecule has 3 aromatic carbocycles. The maximum atomic E-state index is 13.8. The summed E-state index contributed by atoms with van der Waals surface area (Å²) in [7, 11) is 0. The van der Waals surface area contributed by atoms with E-state index in [9.17, 15) is 31.9 Å². The van der Waals surface area contributed by atoms with Crippen molar-refractivity contribution in [3.63, 3.8) is 0 Å². The average Bonchev–Trinajstić information content (AvgIpc) is 3.04. The average molecular weight is 580 g/mol. The molecule has 0 saturated heterocycles. The molecule has 0 bridgehead atoms. The van der Waals surface area contributed by atoms with Crippen LogP contribution in [-0.2, 0) is 17.6 Å². The number of benzene rings is 3. The molecule has 200 valence electrons. The van der Waals surface area contributed by atoms with Crippen LogP contribution in [0.3, 0.4) is 0 Å². The number of fused-ring (bicyclic) bond motifs is 3. The van der Waals surface area contributed by atoms with Crippen LogP contribution in [0.1, 0.15) is 45.2 Å². The number of alkyl halides is 3. The third kappa shape index (κ3) is 6.52.